The molecule has 0 aliphatic carbocycles. The number of pyridine rings is 2. The second-order valence-electron chi connectivity index (χ2n) is 7.57. The third kappa shape index (κ3) is 4.00. The highest BCUT2D eigenvalue weighted by atomic mass is 19.4. The molecule has 5 rings (SSSR count). The number of aromatic amines is 1. The number of anilines is 2. The number of nitrogens with one attached hydrogen (secondary N) is 3. The molecule has 5 aromatic rings. The number of carbonyl (C=O) groups excluding carboxylic acids is 1. The molecule has 9 nitrogen and oxygen atoms in total. The minimum atomic E-state index is -4.42. The van der Waals surface area contributed by atoms with Gasteiger partial charge in [0.05, 0.1) is 29.2 Å². The maximum absolute atomic E-state index is 12.8. The fraction of sp³-hybridized carbons (Fsp3) is 0.136. The van der Waals surface area contributed by atoms with Crippen LogP contribution < -0.4 is 10.6 Å². The summed E-state index contributed by atoms with van der Waals surface area (Å²) in [6.07, 6.45) is 5.07. The lowest BCUT2D eigenvalue weighted by Crippen LogP contribution is -2.33. The zero-order valence-corrected chi connectivity index (χ0v) is 17.6. The Kier molecular flexibility index (Phi) is 5.11. The lowest BCUT2D eigenvalue weighted by atomic mass is 10.1. The molecule has 1 amide bonds. The molecular formula is C22H17F3N8O. The summed E-state index contributed by atoms with van der Waals surface area (Å²) in [7, 11) is 0. The van der Waals surface area contributed by atoms with Crippen LogP contribution >= 0.6 is 0 Å². The molecule has 5 aromatic heterocycles. The topological polar surface area (TPSA) is 113 Å². The Morgan fingerprint density at radius 3 is 2.82 bits per heavy atom. The smallest absolute Gasteiger partial charge is 0.345 e. The first kappa shape index (κ1) is 21.4. The highest BCUT2D eigenvalue weighted by molar-refractivity contribution is 6.09. The Morgan fingerprint density at radius 1 is 1.21 bits per heavy atom. The minimum absolute atomic E-state index is 0.133. The number of alkyl halides is 3. The first-order chi connectivity index (χ1) is 16.3. The highest BCUT2D eigenvalue weighted by Crippen LogP contribution is 2.30. The maximum Gasteiger partial charge on any atom is 0.408 e. The molecule has 0 aliphatic heterocycles. The van der Waals surface area contributed by atoms with E-state index in [-0.39, 0.29) is 11.9 Å². The normalized spacial score (nSPS) is 12.7. The third-order valence-electron chi connectivity index (χ3n) is 5.27. The van der Waals surface area contributed by atoms with Gasteiger partial charge in [0.25, 0.3) is 5.91 Å². The van der Waals surface area contributed by atoms with Crippen LogP contribution in [0.3, 0.4) is 0 Å². The minimum Gasteiger partial charge on any atom is -0.345 e. The summed E-state index contributed by atoms with van der Waals surface area (Å²) in [5, 5.41) is 9.89. The lowest BCUT2D eigenvalue weighted by Gasteiger charge is -2.16. The van der Waals surface area contributed by atoms with Crippen molar-refractivity contribution in [3.63, 3.8) is 0 Å². The summed E-state index contributed by atoms with van der Waals surface area (Å²) in [6.45, 7) is 0.997. The van der Waals surface area contributed by atoms with Crippen LogP contribution in [0.4, 0.5) is 24.8 Å². The molecule has 0 aromatic carbocycles. The van der Waals surface area contributed by atoms with E-state index in [0.717, 1.165) is 18.1 Å². The molecule has 12 heteroatoms. The predicted molar refractivity (Wildman–Crippen MR) is 119 cm³/mol. The second kappa shape index (κ2) is 8.14. The molecule has 3 N–H and O–H groups in total. The van der Waals surface area contributed by atoms with Gasteiger partial charge < -0.3 is 15.6 Å². The van der Waals surface area contributed by atoms with Crippen molar-refractivity contribution in [1.82, 2.24) is 29.5 Å². The Hall–Kier alpha value is -4.48. The SMILES string of the molecule is C[C@H](Nc1ncc2c(-c3ccn4ncc(C(=O)Nc5cccnc5)c4c3)c[nH]c2n1)C(F)(F)F. The molecule has 0 fully saturated rings. The summed E-state index contributed by atoms with van der Waals surface area (Å²) in [5.74, 6) is -0.469. The third-order valence-corrected chi connectivity index (χ3v) is 5.27. The number of fused-ring (bicyclic) bond motifs is 2. The fourth-order valence-electron chi connectivity index (χ4n) is 3.45. The molecular weight excluding hydrogens is 449 g/mol. The van der Waals surface area contributed by atoms with Crippen LogP contribution in [0.15, 0.2) is 61.4 Å². The first-order valence-electron chi connectivity index (χ1n) is 10.2. The number of amides is 1. The zero-order valence-electron chi connectivity index (χ0n) is 17.6. The predicted octanol–water partition coefficient (Wildman–Crippen LogP) is 4.28. The lowest BCUT2D eigenvalue weighted by molar-refractivity contribution is -0.138. The molecule has 0 bridgehead atoms. The summed E-state index contributed by atoms with van der Waals surface area (Å²) in [6, 6.07) is 5.26. The van der Waals surface area contributed by atoms with E-state index in [1.54, 1.807) is 47.5 Å². The van der Waals surface area contributed by atoms with Crippen LogP contribution in [-0.4, -0.2) is 47.7 Å². The van der Waals surface area contributed by atoms with E-state index < -0.39 is 12.2 Å². The molecule has 172 valence electrons. The number of hydrogen-bond donors (Lipinski definition) is 3. The summed E-state index contributed by atoms with van der Waals surface area (Å²) in [4.78, 5) is 27.9. The van der Waals surface area contributed by atoms with E-state index in [1.165, 1.54) is 12.4 Å². The van der Waals surface area contributed by atoms with Crippen molar-refractivity contribution in [3.05, 3.63) is 67.0 Å². The average molecular weight is 466 g/mol. The summed E-state index contributed by atoms with van der Waals surface area (Å²) in [5.41, 5.74) is 3.36. The van der Waals surface area contributed by atoms with E-state index in [4.69, 9.17) is 0 Å². The van der Waals surface area contributed by atoms with Gasteiger partial charge in [-0.15, -0.1) is 0 Å². The molecule has 0 saturated carbocycles. The van der Waals surface area contributed by atoms with Crippen LogP contribution in [0, 0.1) is 0 Å². The summed E-state index contributed by atoms with van der Waals surface area (Å²) >= 11 is 0. The van der Waals surface area contributed by atoms with Gasteiger partial charge in [-0.05, 0) is 36.8 Å². The Morgan fingerprint density at radius 2 is 2.06 bits per heavy atom. The molecule has 0 unspecified atom stereocenters. The molecule has 0 aliphatic rings. The quantitative estimate of drug-likeness (QED) is 0.356. The van der Waals surface area contributed by atoms with Crippen molar-refractivity contribution < 1.29 is 18.0 Å². The van der Waals surface area contributed by atoms with Gasteiger partial charge in [0, 0.05) is 35.7 Å². The van der Waals surface area contributed by atoms with Crippen molar-refractivity contribution in [3.8, 4) is 11.1 Å². The van der Waals surface area contributed by atoms with Crippen molar-refractivity contribution in [2.24, 2.45) is 0 Å². The van der Waals surface area contributed by atoms with Crippen LogP contribution in [0.25, 0.3) is 27.7 Å². The van der Waals surface area contributed by atoms with Crippen molar-refractivity contribution in [2.75, 3.05) is 10.6 Å². The standard InChI is InChI=1S/C22H17F3N8O/c1-12(22(23,24)25)30-21-28-10-16-15(9-27-19(16)32-21)13-4-6-33-18(7-13)17(11-29-33)20(34)31-14-3-2-5-26-8-14/h2-12H,1H3,(H,31,34)(H2,27,28,30,32)/t12-/m0/s1. The van der Waals surface area contributed by atoms with E-state index in [1.807, 2.05) is 6.07 Å². The Balaban J connectivity index is 1.46. The van der Waals surface area contributed by atoms with Gasteiger partial charge in [0.1, 0.15) is 11.7 Å². The number of H-pyrrole nitrogens is 1. The van der Waals surface area contributed by atoms with Crippen LogP contribution in [-0.2, 0) is 0 Å². The first-order valence-corrected chi connectivity index (χ1v) is 10.2. The van der Waals surface area contributed by atoms with E-state index >= 15 is 0 Å². The fourth-order valence-corrected chi connectivity index (χ4v) is 3.45. The molecule has 0 saturated heterocycles. The number of hydrogen-bond acceptors (Lipinski definition) is 6. The van der Waals surface area contributed by atoms with Crippen LogP contribution in [0.5, 0.6) is 0 Å². The van der Waals surface area contributed by atoms with Gasteiger partial charge >= 0.3 is 6.18 Å². The maximum atomic E-state index is 12.8. The van der Waals surface area contributed by atoms with Crippen molar-refractivity contribution >= 4 is 34.1 Å². The van der Waals surface area contributed by atoms with Gasteiger partial charge in [-0.3, -0.25) is 9.78 Å². The monoisotopic (exact) mass is 466 g/mol. The van der Waals surface area contributed by atoms with Crippen LogP contribution in [0.1, 0.15) is 17.3 Å². The number of nitrogens with zero attached hydrogens (tertiary/aromatic N) is 5. The van der Waals surface area contributed by atoms with Crippen LogP contribution in [0.2, 0.25) is 0 Å². The van der Waals surface area contributed by atoms with Crippen molar-refractivity contribution in [2.45, 2.75) is 19.1 Å². The summed E-state index contributed by atoms with van der Waals surface area (Å²) < 4.78 is 40.0. The van der Waals surface area contributed by atoms with Gasteiger partial charge in [0.15, 0.2) is 0 Å². The second-order valence-corrected chi connectivity index (χ2v) is 7.57. The molecule has 0 radical (unpaired) electrons. The molecule has 34 heavy (non-hydrogen) atoms. The van der Waals surface area contributed by atoms with E-state index in [9.17, 15) is 18.0 Å². The molecule has 0 spiro atoms. The molecule has 1 atom stereocenters. The number of halogens is 3. The average Bonchev–Trinajstić information content (AvgIpc) is 3.42. The van der Waals surface area contributed by atoms with Gasteiger partial charge in [-0.1, -0.05) is 0 Å². The van der Waals surface area contributed by atoms with E-state index in [2.05, 4.69) is 35.7 Å². The zero-order chi connectivity index (χ0) is 23.9. The Bertz CT molecular complexity index is 1490. The van der Waals surface area contributed by atoms with Gasteiger partial charge in [0.2, 0.25) is 5.95 Å². The number of aromatic nitrogens is 6. The highest BCUT2D eigenvalue weighted by Gasteiger charge is 2.36. The molecule has 5 heterocycles. The number of rotatable bonds is 5. The Labute approximate surface area is 190 Å². The van der Waals surface area contributed by atoms with Crippen molar-refractivity contribution in [1.29, 1.82) is 0 Å². The largest absolute Gasteiger partial charge is 0.408 e. The van der Waals surface area contributed by atoms with Gasteiger partial charge in [-0.2, -0.15) is 23.3 Å². The van der Waals surface area contributed by atoms with Gasteiger partial charge in [-0.25, -0.2) is 9.50 Å². The number of carbonyl (C=O) groups is 1. The van der Waals surface area contributed by atoms with E-state index in [0.29, 0.717) is 27.8 Å².